The fourth-order valence-electron chi connectivity index (χ4n) is 2.33. The summed E-state index contributed by atoms with van der Waals surface area (Å²) in [6.07, 6.45) is 2.55. The molecule has 1 aliphatic rings. The standard InChI is InChI=1S/C15H17ClOS/c1-11(10-16)9-12-7-8-14(17)15(12)18-13-5-3-2-4-6-13/h2-6,12,15H,1,7-10H2. The summed E-state index contributed by atoms with van der Waals surface area (Å²) in [6, 6.07) is 10.1. The lowest BCUT2D eigenvalue weighted by Crippen LogP contribution is -2.18. The number of Topliss-reactive ketones (excluding diaryl/α,β-unsaturated/α-hetero) is 1. The molecule has 0 N–H and O–H groups in total. The number of carbonyl (C=O) groups is 1. The van der Waals surface area contributed by atoms with Crippen LogP contribution in [0, 0.1) is 5.92 Å². The van der Waals surface area contributed by atoms with Crippen LogP contribution in [-0.4, -0.2) is 16.9 Å². The highest BCUT2D eigenvalue weighted by Crippen LogP contribution is 2.39. The van der Waals surface area contributed by atoms with Gasteiger partial charge in [-0.05, 0) is 30.9 Å². The molecule has 0 bridgehead atoms. The van der Waals surface area contributed by atoms with E-state index in [0.29, 0.717) is 24.0 Å². The minimum atomic E-state index is 0.0763. The Morgan fingerprint density at radius 3 is 2.78 bits per heavy atom. The molecule has 2 rings (SSSR count). The topological polar surface area (TPSA) is 17.1 Å². The van der Waals surface area contributed by atoms with Crippen molar-refractivity contribution in [1.29, 1.82) is 0 Å². The molecule has 3 heteroatoms. The maximum Gasteiger partial charge on any atom is 0.146 e. The molecule has 0 amide bonds. The van der Waals surface area contributed by atoms with Gasteiger partial charge in [0.25, 0.3) is 0 Å². The molecule has 0 saturated heterocycles. The van der Waals surface area contributed by atoms with Gasteiger partial charge in [0, 0.05) is 17.2 Å². The lowest BCUT2D eigenvalue weighted by atomic mass is 9.99. The van der Waals surface area contributed by atoms with Crippen LogP contribution >= 0.6 is 23.4 Å². The smallest absolute Gasteiger partial charge is 0.146 e. The molecular formula is C15H17ClOS. The minimum absolute atomic E-state index is 0.0763. The molecular weight excluding hydrogens is 264 g/mol. The Balaban J connectivity index is 2.04. The van der Waals surface area contributed by atoms with Crippen molar-refractivity contribution >= 4 is 29.1 Å². The second-order valence-electron chi connectivity index (χ2n) is 4.70. The van der Waals surface area contributed by atoms with Crippen LogP contribution in [0.1, 0.15) is 19.3 Å². The second kappa shape index (κ2) is 6.44. The van der Waals surface area contributed by atoms with Crippen molar-refractivity contribution in [3.63, 3.8) is 0 Å². The van der Waals surface area contributed by atoms with E-state index in [0.717, 1.165) is 18.4 Å². The van der Waals surface area contributed by atoms with E-state index in [1.807, 2.05) is 18.2 Å². The van der Waals surface area contributed by atoms with E-state index in [4.69, 9.17) is 11.6 Å². The van der Waals surface area contributed by atoms with Gasteiger partial charge in [-0.25, -0.2) is 0 Å². The number of benzene rings is 1. The van der Waals surface area contributed by atoms with Crippen molar-refractivity contribution in [2.45, 2.75) is 29.4 Å². The third-order valence-corrected chi connectivity index (χ3v) is 5.08. The van der Waals surface area contributed by atoms with Crippen molar-refractivity contribution in [1.82, 2.24) is 0 Å². The summed E-state index contributed by atoms with van der Waals surface area (Å²) < 4.78 is 0. The summed E-state index contributed by atoms with van der Waals surface area (Å²) in [4.78, 5) is 13.1. The summed E-state index contributed by atoms with van der Waals surface area (Å²) >= 11 is 7.47. The van der Waals surface area contributed by atoms with Crippen LogP contribution in [0.2, 0.25) is 0 Å². The van der Waals surface area contributed by atoms with Crippen molar-refractivity contribution in [2.24, 2.45) is 5.92 Å². The summed E-state index contributed by atoms with van der Waals surface area (Å²) in [5.41, 5.74) is 1.04. The zero-order valence-corrected chi connectivity index (χ0v) is 11.8. The fraction of sp³-hybridized carbons (Fsp3) is 0.400. The van der Waals surface area contributed by atoms with E-state index < -0.39 is 0 Å². The second-order valence-corrected chi connectivity index (χ2v) is 6.19. The molecule has 1 fully saturated rings. The Morgan fingerprint density at radius 2 is 2.11 bits per heavy atom. The van der Waals surface area contributed by atoms with Gasteiger partial charge in [-0.3, -0.25) is 4.79 Å². The number of alkyl halides is 1. The lowest BCUT2D eigenvalue weighted by molar-refractivity contribution is -0.117. The summed E-state index contributed by atoms with van der Waals surface area (Å²) in [7, 11) is 0. The van der Waals surface area contributed by atoms with Crippen molar-refractivity contribution < 1.29 is 4.79 Å². The Labute approximate surface area is 118 Å². The monoisotopic (exact) mass is 280 g/mol. The lowest BCUT2D eigenvalue weighted by Gasteiger charge is -2.18. The molecule has 0 heterocycles. The average molecular weight is 281 g/mol. The van der Waals surface area contributed by atoms with Gasteiger partial charge in [0.2, 0.25) is 0 Å². The quantitative estimate of drug-likeness (QED) is 0.590. The van der Waals surface area contributed by atoms with E-state index >= 15 is 0 Å². The van der Waals surface area contributed by atoms with Gasteiger partial charge in [-0.1, -0.05) is 30.4 Å². The van der Waals surface area contributed by atoms with Crippen LogP contribution < -0.4 is 0 Å². The van der Waals surface area contributed by atoms with Gasteiger partial charge in [-0.2, -0.15) is 0 Å². The van der Waals surface area contributed by atoms with Crippen LogP contribution in [0.5, 0.6) is 0 Å². The highest BCUT2D eigenvalue weighted by atomic mass is 35.5. The highest BCUT2D eigenvalue weighted by Gasteiger charge is 2.35. The maximum atomic E-state index is 12.0. The predicted molar refractivity (Wildman–Crippen MR) is 78.3 cm³/mol. The van der Waals surface area contributed by atoms with E-state index in [1.54, 1.807) is 11.8 Å². The fourth-order valence-corrected chi connectivity index (χ4v) is 3.72. The van der Waals surface area contributed by atoms with Gasteiger partial charge >= 0.3 is 0 Å². The number of ketones is 1. The Morgan fingerprint density at radius 1 is 1.39 bits per heavy atom. The van der Waals surface area contributed by atoms with Crippen LogP contribution in [-0.2, 0) is 4.79 Å². The number of allylic oxidation sites excluding steroid dienone is 1. The molecule has 2 atom stereocenters. The maximum absolute atomic E-state index is 12.0. The molecule has 1 aromatic rings. The zero-order chi connectivity index (χ0) is 13.0. The first-order valence-corrected chi connectivity index (χ1v) is 7.59. The number of hydrogen-bond donors (Lipinski definition) is 0. The zero-order valence-electron chi connectivity index (χ0n) is 10.3. The molecule has 1 aliphatic carbocycles. The Hall–Kier alpha value is -0.730. The SMILES string of the molecule is C=C(CCl)CC1CCC(=O)C1Sc1ccccc1. The first-order chi connectivity index (χ1) is 8.70. The Bertz CT molecular complexity index is 429. The van der Waals surface area contributed by atoms with Crippen LogP contribution in [0.25, 0.3) is 0 Å². The van der Waals surface area contributed by atoms with Crippen molar-refractivity contribution in [3.05, 3.63) is 42.5 Å². The van der Waals surface area contributed by atoms with E-state index in [9.17, 15) is 4.79 Å². The number of halogens is 1. The summed E-state index contributed by atoms with van der Waals surface area (Å²) in [6.45, 7) is 3.95. The average Bonchev–Trinajstić information content (AvgIpc) is 2.72. The van der Waals surface area contributed by atoms with E-state index in [2.05, 4.69) is 18.7 Å². The molecule has 1 nitrogen and oxygen atoms in total. The molecule has 0 aromatic heterocycles. The largest absolute Gasteiger partial charge is 0.298 e. The number of thioether (sulfide) groups is 1. The molecule has 18 heavy (non-hydrogen) atoms. The first kappa shape index (κ1) is 13.7. The Kier molecular flexibility index (Phi) is 4.90. The molecule has 1 aromatic carbocycles. The summed E-state index contributed by atoms with van der Waals surface area (Å²) in [5, 5.41) is 0.0763. The van der Waals surface area contributed by atoms with Gasteiger partial charge in [0.1, 0.15) is 5.78 Å². The van der Waals surface area contributed by atoms with Gasteiger partial charge in [0.15, 0.2) is 0 Å². The predicted octanol–water partition coefficient (Wildman–Crippen LogP) is 4.31. The number of rotatable bonds is 5. The van der Waals surface area contributed by atoms with Crippen LogP contribution in [0.4, 0.5) is 0 Å². The van der Waals surface area contributed by atoms with Crippen molar-refractivity contribution in [3.8, 4) is 0 Å². The van der Waals surface area contributed by atoms with Gasteiger partial charge in [-0.15, -0.1) is 23.4 Å². The normalized spacial score (nSPS) is 23.3. The molecule has 2 unspecified atom stereocenters. The van der Waals surface area contributed by atoms with Crippen molar-refractivity contribution in [2.75, 3.05) is 5.88 Å². The minimum Gasteiger partial charge on any atom is -0.298 e. The highest BCUT2D eigenvalue weighted by molar-refractivity contribution is 8.00. The molecule has 0 radical (unpaired) electrons. The van der Waals surface area contributed by atoms with Crippen LogP contribution in [0.3, 0.4) is 0 Å². The number of carbonyl (C=O) groups excluding carboxylic acids is 1. The molecule has 96 valence electrons. The first-order valence-electron chi connectivity index (χ1n) is 6.17. The molecule has 0 spiro atoms. The third kappa shape index (κ3) is 3.39. The van der Waals surface area contributed by atoms with Crippen LogP contribution in [0.15, 0.2) is 47.4 Å². The number of hydrogen-bond acceptors (Lipinski definition) is 2. The molecule has 0 aliphatic heterocycles. The summed E-state index contributed by atoms with van der Waals surface area (Å²) in [5.74, 6) is 1.26. The molecule has 1 saturated carbocycles. The van der Waals surface area contributed by atoms with E-state index in [1.165, 1.54) is 4.90 Å². The van der Waals surface area contributed by atoms with Gasteiger partial charge in [0.05, 0.1) is 5.25 Å². The van der Waals surface area contributed by atoms with E-state index in [-0.39, 0.29) is 5.25 Å². The van der Waals surface area contributed by atoms with Gasteiger partial charge < -0.3 is 0 Å². The third-order valence-electron chi connectivity index (χ3n) is 3.25.